The monoisotopic (exact) mass is 323 g/mol. The number of carbonyl (C=O) groups excluding carboxylic acids is 1. The largest absolute Gasteiger partial charge is 0.339 e. The van der Waals surface area contributed by atoms with Gasteiger partial charge >= 0.3 is 0 Å². The maximum absolute atomic E-state index is 12.1. The molecule has 24 heavy (non-hydrogen) atoms. The van der Waals surface area contributed by atoms with Crippen LogP contribution in [0.5, 0.6) is 0 Å². The summed E-state index contributed by atoms with van der Waals surface area (Å²) in [6, 6.07) is 20.9. The maximum atomic E-state index is 12.1. The summed E-state index contributed by atoms with van der Waals surface area (Å²) in [5, 5.41) is 0. The minimum atomic E-state index is -0.421. The Bertz CT molecular complexity index is 610. The van der Waals surface area contributed by atoms with Crippen LogP contribution in [0.15, 0.2) is 60.7 Å². The standard InChI is InChI=1S/C20H25N3O/c1-16(21)20(24)23-14-12-22(13-15-23)19(17-8-4-2-5-9-17)18-10-6-3-7-11-18/h2-11,16,19H,12-15,21H2,1H3/t16-/m0/s1. The molecule has 0 saturated carbocycles. The van der Waals surface area contributed by atoms with Crippen LogP contribution in [0.4, 0.5) is 0 Å². The zero-order valence-corrected chi connectivity index (χ0v) is 14.1. The molecule has 2 aromatic carbocycles. The topological polar surface area (TPSA) is 49.6 Å². The molecule has 0 spiro atoms. The van der Waals surface area contributed by atoms with Gasteiger partial charge in [-0.25, -0.2) is 0 Å². The first kappa shape index (κ1) is 16.7. The minimum Gasteiger partial charge on any atom is -0.339 e. The highest BCUT2D eigenvalue weighted by Gasteiger charge is 2.28. The normalized spacial score (nSPS) is 17.0. The van der Waals surface area contributed by atoms with Crippen LogP contribution < -0.4 is 5.73 Å². The van der Waals surface area contributed by atoms with Crippen LogP contribution >= 0.6 is 0 Å². The van der Waals surface area contributed by atoms with Crippen molar-refractivity contribution in [2.45, 2.75) is 19.0 Å². The Morgan fingerprint density at radius 3 is 1.75 bits per heavy atom. The highest BCUT2D eigenvalue weighted by atomic mass is 16.2. The summed E-state index contributed by atoms with van der Waals surface area (Å²) < 4.78 is 0. The maximum Gasteiger partial charge on any atom is 0.239 e. The highest BCUT2D eigenvalue weighted by molar-refractivity contribution is 5.81. The molecule has 1 amide bonds. The molecule has 1 aliphatic heterocycles. The molecule has 126 valence electrons. The molecule has 1 atom stereocenters. The van der Waals surface area contributed by atoms with Crippen molar-refractivity contribution in [1.29, 1.82) is 0 Å². The van der Waals surface area contributed by atoms with Gasteiger partial charge in [-0.1, -0.05) is 60.7 Å². The van der Waals surface area contributed by atoms with Crippen molar-refractivity contribution in [3.05, 3.63) is 71.8 Å². The van der Waals surface area contributed by atoms with E-state index in [2.05, 4.69) is 53.4 Å². The molecular formula is C20H25N3O. The summed E-state index contributed by atoms with van der Waals surface area (Å²) in [4.78, 5) is 16.4. The van der Waals surface area contributed by atoms with Gasteiger partial charge in [0.1, 0.15) is 0 Å². The fraction of sp³-hybridized carbons (Fsp3) is 0.350. The molecule has 1 heterocycles. The Balaban J connectivity index is 1.80. The summed E-state index contributed by atoms with van der Waals surface area (Å²) >= 11 is 0. The average molecular weight is 323 g/mol. The van der Waals surface area contributed by atoms with Gasteiger partial charge in [0, 0.05) is 26.2 Å². The van der Waals surface area contributed by atoms with Crippen molar-refractivity contribution in [2.75, 3.05) is 26.2 Å². The molecule has 0 radical (unpaired) electrons. The average Bonchev–Trinajstić information content (AvgIpc) is 2.64. The Morgan fingerprint density at radius 1 is 0.875 bits per heavy atom. The Hall–Kier alpha value is -2.17. The highest BCUT2D eigenvalue weighted by Crippen LogP contribution is 2.29. The number of hydrogen-bond acceptors (Lipinski definition) is 3. The molecule has 1 aliphatic rings. The van der Waals surface area contributed by atoms with Gasteiger partial charge < -0.3 is 10.6 Å². The van der Waals surface area contributed by atoms with Gasteiger partial charge in [0.2, 0.25) is 5.91 Å². The van der Waals surface area contributed by atoms with Crippen molar-refractivity contribution in [3.8, 4) is 0 Å². The third-order valence-electron chi connectivity index (χ3n) is 4.61. The molecule has 0 bridgehead atoms. The van der Waals surface area contributed by atoms with Crippen LogP contribution in [0.2, 0.25) is 0 Å². The smallest absolute Gasteiger partial charge is 0.239 e. The predicted molar refractivity (Wildman–Crippen MR) is 96.5 cm³/mol. The molecule has 4 nitrogen and oxygen atoms in total. The lowest BCUT2D eigenvalue weighted by Gasteiger charge is -2.40. The summed E-state index contributed by atoms with van der Waals surface area (Å²) in [7, 11) is 0. The Labute approximate surface area is 143 Å². The summed E-state index contributed by atoms with van der Waals surface area (Å²) in [5.74, 6) is 0.0469. The van der Waals surface area contributed by atoms with Gasteiger partial charge in [-0.15, -0.1) is 0 Å². The first-order valence-corrected chi connectivity index (χ1v) is 8.55. The van der Waals surface area contributed by atoms with E-state index < -0.39 is 6.04 Å². The number of hydrogen-bond donors (Lipinski definition) is 1. The van der Waals surface area contributed by atoms with Crippen molar-refractivity contribution < 1.29 is 4.79 Å². The quantitative estimate of drug-likeness (QED) is 0.939. The molecule has 2 N–H and O–H groups in total. The van der Waals surface area contributed by atoms with E-state index in [-0.39, 0.29) is 11.9 Å². The molecule has 1 fully saturated rings. The van der Waals surface area contributed by atoms with Crippen molar-refractivity contribution >= 4 is 5.91 Å². The first-order chi connectivity index (χ1) is 11.7. The predicted octanol–water partition coefficient (Wildman–Crippen LogP) is 2.27. The molecule has 4 heteroatoms. The SMILES string of the molecule is C[C@H](N)C(=O)N1CCN(C(c2ccccc2)c2ccccc2)CC1. The van der Waals surface area contributed by atoms with E-state index in [1.165, 1.54) is 11.1 Å². The van der Waals surface area contributed by atoms with Crippen LogP contribution in [-0.4, -0.2) is 47.9 Å². The second-order valence-electron chi connectivity index (χ2n) is 6.37. The number of carbonyl (C=O) groups is 1. The van der Waals surface area contributed by atoms with Gasteiger partial charge in [-0.3, -0.25) is 9.69 Å². The Kier molecular flexibility index (Phi) is 5.28. The number of benzene rings is 2. The summed E-state index contributed by atoms with van der Waals surface area (Å²) in [6.07, 6.45) is 0. The van der Waals surface area contributed by atoms with E-state index in [1.54, 1.807) is 6.92 Å². The van der Waals surface area contributed by atoms with E-state index in [0.717, 1.165) is 26.2 Å². The van der Waals surface area contributed by atoms with E-state index in [0.29, 0.717) is 0 Å². The van der Waals surface area contributed by atoms with Crippen LogP contribution in [-0.2, 0) is 4.79 Å². The van der Waals surface area contributed by atoms with Gasteiger partial charge in [-0.2, -0.15) is 0 Å². The van der Waals surface area contributed by atoms with Gasteiger partial charge in [0.25, 0.3) is 0 Å². The van der Waals surface area contributed by atoms with Gasteiger partial charge in [0.05, 0.1) is 12.1 Å². The second-order valence-corrected chi connectivity index (χ2v) is 6.37. The lowest BCUT2D eigenvalue weighted by Crippen LogP contribution is -2.53. The first-order valence-electron chi connectivity index (χ1n) is 8.55. The number of nitrogens with zero attached hydrogens (tertiary/aromatic N) is 2. The molecule has 0 aromatic heterocycles. The zero-order chi connectivity index (χ0) is 16.9. The Morgan fingerprint density at radius 2 is 1.33 bits per heavy atom. The molecule has 0 aliphatic carbocycles. The van der Waals surface area contributed by atoms with E-state index in [1.807, 2.05) is 17.0 Å². The number of piperazine rings is 1. The number of rotatable bonds is 4. The van der Waals surface area contributed by atoms with Crippen LogP contribution in [0.1, 0.15) is 24.1 Å². The number of nitrogens with two attached hydrogens (primary N) is 1. The second kappa shape index (κ2) is 7.60. The van der Waals surface area contributed by atoms with Gasteiger partial charge in [-0.05, 0) is 18.1 Å². The van der Waals surface area contributed by atoms with Crippen LogP contribution in [0.3, 0.4) is 0 Å². The fourth-order valence-corrected chi connectivity index (χ4v) is 3.37. The number of amides is 1. The lowest BCUT2D eigenvalue weighted by molar-refractivity contribution is -0.134. The fourth-order valence-electron chi connectivity index (χ4n) is 3.37. The third-order valence-corrected chi connectivity index (χ3v) is 4.61. The molecule has 1 saturated heterocycles. The van der Waals surface area contributed by atoms with E-state index >= 15 is 0 Å². The minimum absolute atomic E-state index is 0.0469. The van der Waals surface area contributed by atoms with Crippen molar-refractivity contribution in [1.82, 2.24) is 9.80 Å². The van der Waals surface area contributed by atoms with Crippen LogP contribution in [0, 0.1) is 0 Å². The molecular weight excluding hydrogens is 298 g/mol. The van der Waals surface area contributed by atoms with Crippen molar-refractivity contribution in [3.63, 3.8) is 0 Å². The van der Waals surface area contributed by atoms with Crippen molar-refractivity contribution in [2.24, 2.45) is 5.73 Å². The van der Waals surface area contributed by atoms with Crippen LogP contribution in [0.25, 0.3) is 0 Å². The summed E-state index contributed by atoms with van der Waals surface area (Å²) in [5.41, 5.74) is 8.31. The summed E-state index contributed by atoms with van der Waals surface area (Å²) in [6.45, 7) is 4.93. The zero-order valence-electron chi connectivity index (χ0n) is 14.1. The van der Waals surface area contributed by atoms with Gasteiger partial charge in [0.15, 0.2) is 0 Å². The molecule has 3 rings (SSSR count). The molecule has 0 unspecified atom stereocenters. The van der Waals surface area contributed by atoms with E-state index in [4.69, 9.17) is 5.73 Å². The lowest BCUT2D eigenvalue weighted by atomic mass is 9.96. The third kappa shape index (κ3) is 3.66. The van der Waals surface area contributed by atoms with E-state index in [9.17, 15) is 4.79 Å². The molecule has 2 aromatic rings.